The van der Waals surface area contributed by atoms with Crippen molar-refractivity contribution in [3.05, 3.63) is 83.9 Å². The molecule has 160 valence electrons. The summed E-state index contributed by atoms with van der Waals surface area (Å²) in [5.41, 5.74) is 3.91. The van der Waals surface area contributed by atoms with Gasteiger partial charge in [-0.1, -0.05) is 18.2 Å². The van der Waals surface area contributed by atoms with Crippen LogP contribution >= 0.6 is 0 Å². The van der Waals surface area contributed by atoms with Crippen LogP contribution in [0, 0.1) is 6.92 Å². The molecule has 0 atom stereocenters. The number of carbonyl (C=O) groups excluding carboxylic acids is 1. The Kier molecular flexibility index (Phi) is 5.95. The number of anilines is 3. The second kappa shape index (κ2) is 8.81. The minimum atomic E-state index is -3.72. The average Bonchev–Trinajstić information content (AvgIpc) is 3.29. The Bertz CT molecular complexity index is 1170. The predicted octanol–water partition coefficient (Wildman–Crippen LogP) is 4.65. The number of para-hydroxylation sites is 1. The van der Waals surface area contributed by atoms with Gasteiger partial charge in [-0.2, -0.15) is 0 Å². The molecule has 0 aliphatic carbocycles. The third kappa shape index (κ3) is 4.88. The largest absolute Gasteiger partial charge is 0.371 e. The summed E-state index contributed by atoms with van der Waals surface area (Å²) in [6.07, 6.45) is 2.43. The lowest BCUT2D eigenvalue weighted by Gasteiger charge is -2.20. The molecule has 1 aliphatic rings. The van der Waals surface area contributed by atoms with Gasteiger partial charge in [0, 0.05) is 35.7 Å². The van der Waals surface area contributed by atoms with Crippen molar-refractivity contribution in [3.63, 3.8) is 0 Å². The molecule has 4 rings (SSSR count). The molecular formula is C24H25N3O3S. The highest BCUT2D eigenvalue weighted by molar-refractivity contribution is 7.92. The monoisotopic (exact) mass is 435 g/mol. The Hall–Kier alpha value is -3.32. The van der Waals surface area contributed by atoms with E-state index in [0.717, 1.165) is 18.7 Å². The van der Waals surface area contributed by atoms with E-state index >= 15 is 0 Å². The van der Waals surface area contributed by atoms with Crippen LogP contribution in [-0.2, 0) is 10.0 Å². The normalized spacial score (nSPS) is 13.8. The lowest BCUT2D eigenvalue weighted by atomic mass is 10.1. The SMILES string of the molecule is Cc1cc(NC(=O)c2ccc(S(=O)(=O)Nc3ccccc3)cc2)ccc1N1CCCC1. The molecule has 1 amide bonds. The molecule has 1 aliphatic heterocycles. The highest BCUT2D eigenvalue weighted by Gasteiger charge is 2.17. The summed E-state index contributed by atoms with van der Waals surface area (Å²) in [5.74, 6) is -0.284. The van der Waals surface area contributed by atoms with Crippen LogP contribution in [0.15, 0.2) is 77.7 Å². The number of carbonyl (C=O) groups is 1. The molecule has 0 unspecified atom stereocenters. The van der Waals surface area contributed by atoms with E-state index in [1.165, 1.54) is 42.8 Å². The van der Waals surface area contributed by atoms with E-state index in [2.05, 4.69) is 14.9 Å². The molecular weight excluding hydrogens is 410 g/mol. The van der Waals surface area contributed by atoms with Crippen LogP contribution in [0.3, 0.4) is 0 Å². The first-order valence-electron chi connectivity index (χ1n) is 10.3. The standard InChI is InChI=1S/C24H25N3O3S/c1-18-17-21(11-14-23(18)27-15-5-6-16-27)25-24(28)19-9-12-22(13-10-19)31(29,30)26-20-7-3-2-4-8-20/h2-4,7-14,17,26H,5-6,15-16H2,1H3,(H,25,28). The van der Waals surface area contributed by atoms with E-state index in [4.69, 9.17) is 0 Å². The number of sulfonamides is 1. The molecule has 3 aromatic rings. The number of rotatable bonds is 6. The van der Waals surface area contributed by atoms with Gasteiger partial charge in [0.1, 0.15) is 0 Å². The smallest absolute Gasteiger partial charge is 0.261 e. The number of hydrogen-bond donors (Lipinski definition) is 2. The van der Waals surface area contributed by atoms with Gasteiger partial charge in [-0.25, -0.2) is 8.42 Å². The van der Waals surface area contributed by atoms with Gasteiger partial charge < -0.3 is 10.2 Å². The zero-order valence-corrected chi connectivity index (χ0v) is 18.2. The van der Waals surface area contributed by atoms with Gasteiger partial charge in [-0.15, -0.1) is 0 Å². The Labute approximate surface area is 183 Å². The van der Waals surface area contributed by atoms with Gasteiger partial charge in [-0.05, 0) is 79.9 Å². The van der Waals surface area contributed by atoms with Crippen LogP contribution in [0.1, 0.15) is 28.8 Å². The molecule has 0 aromatic heterocycles. The van der Waals surface area contributed by atoms with Crippen molar-refractivity contribution in [2.45, 2.75) is 24.7 Å². The van der Waals surface area contributed by atoms with Crippen LogP contribution in [0.5, 0.6) is 0 Å². The summed E-state index contributed by atoms with van der Waals surface area (Å²) in [6.45, 7) is 4.19. The lowest BCUT2D eigenvalue weighted by molar-refractivity contribution is 0.102. The van der Waals surface area contributed by atoms with Crippen molar-refractivity contribution in [1.82, 2.24) is 0 Å². The Morgan fingerprint density at radius 1 is 0.871 bits per heavy atom. The van der Waals surface area contributed by atoms with Crippen LogP contribution in [0.25, 0.3) is 0 Å². The molecule has 1 saturated heterocycles. The molecule has 0 saturated carbocycles. The van der Waals surface area contributed by atoms with Gasteiger partial charge in [0.25, 0.3) is 15.9 Å². The van der Waals surface area contributed by atoms with E-state index in [9.17, 15) is 13.2 Å². The number of hydrogen-bond acceptors (Lipinski definition) is 4. The molecule has 31 heavy (non-hydrogen) atoms. The summed E-state index contributed by atoms with van der Waals surface area (Å²) >= 11 is 0. The fourth-order valence-electron chi connectivity index (χ4n) is 3.76. The van der Waals surface area contributed by atoms with Crippen molar-refractivity contribution < 1.29 is 13.2 Å². The van der Waals surface area contributed by atoms with Gasteiger partial charge >= 0.3 is 0 Å². The number of amides is 1. The summed E-state index contributed by atoms with van der Waals surface area (Å²) in [7, 11) is -3.72. The van der Waals surface area contributed by atoms with Crippen molar-refractivity contribution in [2.75, 3.05) is 28.0 Å². The van der Waals surface area contributed by atoms with Gasteiger partial charge in [0.05, 0.1) is 4.90 Å². The van der Waals surface area contributed by atoms with Crippen LogP contribution in [0.2, 0.25) is 0 Å². The van der Waals surface area contributed by atoms with E-state index in [0.29, 0.717) is 16.9 Å². The van der Waals surface area contributed by atoms with E-state index < -0.39 is 10.0 Å². The molecule has 0 radical (unpaired) electrons. The number of nitrogens with one attached hydrogen (secondary N) is 2. The number of aryl methyl sites for hydroxylation is 1. The molecule has 2 N–H and O–H groups in total. The minimum absolute atomic E-state index is 0.0960. The van der Waals surface area contributed by atoms with Crippen LogP contribution in [0.4, 0.5) is 17.1 Å². The van der Waals surface area contributed by atoms with E-state index in [1.807, 2.05) is 31.2 Å². The number of benzene rings is 3. The zero-order chi connectivity index (χ0) is 21.8. The zero-order valence-electron chi connectivity index (χ0n) is 17.3. The molecule has 0 bridgehead atoms. The first-order chi connectivity index (χ1) is 14.9. The maximum Gasteiger partial charge on any atom is 0.261 e. The van der Waals surface area contributed by atoms with E-state index in [-0.39, 0.29) is 10.8 Å². The van der Waals surface area contributed by atoms with Crippen molar-refractivity contribution in [3.8, 4) is 0 Å². The summed E-state index contributed by atoms with van der Waals surface area (Å²) in [5, 5.41) is 2.89. The van der Waals surface area contributed by atoms with Crippen LogP contribution in [-0.4, -0.2) is 27.4 Å². The van der Waals surface area contributed by atoms with E-state index in [1.54, 1.807) is 24.3 Å². The first kappa shape index (κ1) is 20.9. The summed E-state index contributed by atoms with van der Waals surface area (Å²) in [4.78, 5) is 15.1. The number of nitrogens with zero attached hydrogens (tertiary/aromatic N) is 1. The summed E-state index contributed by atoms with van der Waals surface area (Å²) < 4.78 is 27.6. The fraction of sp³-hybridized carbons (Fsp3) is 0.208. The lowest BCUT2D eigenvalue weighted by Crippen LogP contribution is -2.19. The average molecular weight is 436 g/mol. The van der Waals surface area contributed by atoms with Gasteiger partial charge in [-0.3, -0.25) is 9.52 Å². The molecule has 3 aromatic carbocycles. The quantitative estimate of drug-likeness (QED) is 0.591. The van der Waals surface area contributed by atoms with Crippen molar-refractivity contribution in [1.29, 1.82) is 0 Å². The second-order valence-corrected chi connectivity index (χ2v) is 9.33. The molecule has 6 nitrogen and oxygen atoms in total. The first-order valence-corrected chi connectivity index (χ1v) is 11.8. The Morgan fingerprint density at radius 2 is 1.55 bits per heavy atom. The molecule has 0 spiro atoms. The van der Waals surface area contributed by atoms with Crippen molar-refractivity contribution in [2.24, 2.45) is 0 Å². The highest BCUT2D eigenvalue weighted by Crippen LogP contribution is 2.27. The molecule has 1 heterocycles. The minimum Gasteiger partial charge on any atom is -0.371 e. The molecule has 1 fully saturated rings. The second-order valence-electron chi connectivity index (χ2n) is 7.65. The Morgan fingerprint density at radius 3 is 2.19 bits per heavy atom. The maximum absolute atomic E-state index is 12.6. The third-order valence-corrected chi connectivity index (χ3v) is 6.75. The maximum atomic E-state index is 12.6. The van der Waals surface area contributed by atoms with Crippen LogP contribution < -0.4 is 14.9 Å². The van der Waals surface area contributed by atoms with Gasteiger partial charge in [0.2, 0.25) is 0 Å². The molecule has 7 heteroatoms. The van der Waals surface area contributed by atoms with Gasteiger partial charge in [0.15, 0.2) is 0 Å². The third-order valence-electron chi connectivity index (χ3n) is 5.35. The highest BCUT2D eigenvalue weighted by atomic mass is 32.2. The fourth-order valence-corrected chi connectivity index (χ4v) is 4.81. The topological polar surface area (TPSA) is 78.5 Å². The summed E-state index contributed by atoms with van der Waals surface area (Å²) in [6, 6.07) is 20.5. The Balaban J connectivity index is 1.44. The predicted molar refractivity (Wildman–Crippen MR) is 124 cm³/mol. The van der Waals surface area contributed by atoms with Crippen molar-refractivity contribution >= 4 is 33.0 Å².